The highest BCUT2D eigenvalue weighted by Gasteiger charge is 2.22. The van der Waals surface area contributed by atoms with E-state index in [1.54, 1.807) is 12.1 Å². The minimum atomic E-state index is -1.19. The number of hydrogen-bond acceptors (Lipinski definition) is 4. The zero-order valence-electron chi connectivity index (χ0n) is 10.7. The Bertz CT molecular complexity index is 503. The summed E-state index contributed by atoms with van der Waals surface area (Å²) in [6.07, 6.45) is 0. The summed E-state index contributed by atoms with van der Waals surface area (Å²) in [5, 5.41) is 11.3. The molecular weight excluding hydrogens is 318 g/mol. The van der Waals surface area contributed by atoms with Crippen LogP contribution in [0.3, 0.4) is 0 Å². The molecule has 0 spiro atoms. The van der Waals surface area contributed by atoms with Gasteiger partial charge in [0.15, 0.2) is 0 Å². The van der Waals surface area contributed by atoms with Crippen LogP contribution in [0.1, 0.15) is 6.92 Å². The number of hydrogen-bond donors (Lipinski definition) is 2. The van der Waals surface area contributed by atoms with Gasteiger partial charge in [0, 0.05) is 6.07 Å². The SMILES string of the molecule is COc1cc(OC)c(NC(=O)C(C)C(=O)O)cc1Br. The van der Waals surface area contributed by atoms with Crippen molar-refractivity contribution in [1.29, 1.82) is 0 Å². The third kappa shape index (κ3) is 3.60. The van der Waals surface area contributed by atoms with E-state index in [1.165, 1.54) is 21.1 Å². The number of aliphatic carboxylic acids is 1. The fourth-order valence-electron chi connectivity index (χ4n) is 1.31. The summed E-state index contributed by atoms with van der Waals surface area (Å²) in [7, 11) is 2.95. The van der Waals surface area contributed by atoms with E-state index in [2.05, 4.69) is 21.2 Å². The maximum Gasteiger partial charge on any atom is 0.315 e. The Kier molecular flexibility index (Phi) is 5.17. The van der Waals surface area contributed by atoms with Gasteiger partial charge in [0.2, 0.25) is 5.91 Å². The fraction of sp³-hybridized carbons (Fsp3) is 0.333. The standard InChI is InChI=1S/C12H14BrNO5/c1-6(12(16)17)11(15)14-8-4-7(13)9(18-2)5-10(8)19-3/h4-6H,1-3H3,(H,14,15)(H,16,17). The monoisotopic (exact) mass is 331 g/mol. The first kappa shape index (κ1) is 15.3. The van der Waals surface area contributed by atoms with Crippen molar-refractivity contribution in [1.82, 2.24) is 0 Å². The summed E-state index contributed by atoms with van der Waals surface area (Å²) >= 11 is 3.28. The first-order valence-corrected chi connectivity index (χ1v) is 6.15. The van der Waals surface area contributed by atoms with Gasteiger partial charge in [-0.1, -0.05) is 0 Å². The fourth-order valence-corrected chi connectivity index (χ4v) is 1.82. The van der Waals surface area contributed by atoms with Crippen molar-refractivity contribution >= 4 is 33.5 Å². The van der Waals surface area contributed by atoms with E-state index in [4.69, 9.17) is 14.6 Å². The summed E-state index contributed by atoms with van der Waals surface area (Å²) in [5.74, 6) is -2.04. The highest BCUT2D eigenvalue weighted by Crippen LogP contribution is 2.36. The third-order valence-electron chi connectivity index (χ3n) is 2.50. The average molecular weight is 332 g/mol. The molecule has 0 aromatic heterocycles. The molecule has 0 aliphatic heterocycles. The Balaban J connectivity index is 3.04. The van der Waals surface area contributed by atoms with Crippen molar-refractivity contribution < 1.29 is 24.2 Å². The molecule has 1 amide bonds. The summed E-state index contributed by atoms with van der Waals surface area (Å²) in [4.78, 5) is 22.4. The molecule has 0 saturated heterocycles. The van der Waals surface area contributed by atoms with Crippen LogP contribution in [0.2, 0.25) is 0 Å². The van der Waals surface area contributed by atoms with Crippen molar-refractivity contribution in [3.05, 3.63) is 16.6 Å². The molecule has 2 N–H and O–H groups in total. The van der Waals surface area contributed by atoms with E-state index in [9.17, 15) is 9.59 Å². The van der Waals surface area contributed by atoms with Crippen molar-refractivity contribution in [2.45, 2.75) is 6.92 Å². The molecule has 1 unspecified atom stereocenters. The minimum absolute atomic E-state index is 0.369. The molecule has 6 nitrogen and oxygen atoms in total. The quantitative estimate of drug-likeness (QED) is 0.807. The number of benzene rings is 1. The highest BCUT2D eigenvalue weighted by molar-refractivity contribution is 9.10. The summed E-state index contributed by atoms with van der Waals surface area (Å²) < 4.78 is 10.8. The van der Waals surface area contributed by atoms with Gasteiger partial charge in [0.05, 0.1) is 24.4 Å². The van der Waals surface area contributed by atoms with Crippen molar-refractivity contribution in [3.63, 3.8) is 0 Å². The van der Waals surface area contributed by atoms with Gasteiger partial charge in [-0.3, -0.25) is 9.59 Å². The van der Waals surface area contributed by atoms with Crippen molar-refractivity contribution in [3.8, 4) is 11.5 Å². The molecule has 0 radical (unpaired) electrons. The van der Waals surface area contributed by atoms with E-state index in [0.717, 1.165) is 0 Å². The summed E-state index contributed by atoms with van der Waals surface area (Å²) in [6.45, 7) is 1.31. The van der Waals surface area contributed by atoms with Crippen LogP contribution in [0.25, 0.3) is 0 Å². The number of halogens is 1. The van der Waals surface area contributed by atoms with Gasteiger partial charge in [-0.05, 0) is 28.9 Å². The number of carbonyl (C=O) groups is 2. The molecule has 7 heteroatoms. The molecule has 1 aromatic rings. The van der Waals surface area contributed by atoms with Gasteiger partial charge >= 0.3 is 5.97 Å². The lowest BCUT2D eigenvalue weighted by molar-refractivity contribution is -0.144. The molecule has 1 aromatic carbocycles. The molecule has 0 aliphatic carbocycles. The Morgan fingerprint density at radius 3 is 2.32 bits per heavy atom. The lowest BCUT2D eigenvalue weighted by atomic mass is 10.1. The molecule has 0 heterocycles. The van der Waals surface area contributed by atoms with Crippen LogP contribution in [-0.2, 0) is 9.59 Å². The number of nitrogens with one attached hydrogen (secondary N) is 1. The van der Waals surface area contributed by atoms with Gasteiger partial charge in [0.1, 0.15) is 17.4 Å². The predicted molar refractivity (Wildman–Crippen MR) is 72.7 cm³/mol. The van der Waals surface area contributed by atoms with Gasteiger partial charge in [-0.2, -0.15) is 0 Å². The second-order valence-corrected chi connectivity index (χ2v) is 4.59. The van der Waals surface area contributed by atoms with Gasteiger partial charge in [0.25, 0.3) is 0 Å². The van der Waals surface area contributed by atoms with E-state index in [0.29, 0.717) is 21.7 Å². The zero-order valence-corrected chi connectivity index (χ0v) is 12.3. The molecule has 1 rings (SSSR count). The van der Waals surface area contributed by atoms with Crippen molar-refractivity contribution in [2.75, 3.05) is 19.5 Å². The number of methoxy groups -OCH3 is 2. The number of carboxylic acids is 1. The van der Waals surface area contributed by atoms with E-state index in [1.807, 2.05) is 0 Å². The van der Waals surface area contributed by atoms with Crippen molar-refractivity contribution in [2.24, 2.45) is 5.92 Å². The van der Waals surface area contributed by atoms with Crippen LogP contribution in [0, 0.1) is 5.92 Å². The lowest BCUT2D eigenvalue weighted by Crippen LogP contribution is -2.27. The molecule has 0 fully saturated rings. The van der Waals surface area contributed by atoms with Gasteiger partial charge in [-0.15, -0.1) is 0 Å². The molecule has 0 saturated carbocycles. The van der Waals surface area contributed by atoms with Crippen LogP contribution in [0.4, 0.5) is 5.69 Å². The number of amides is 1. The first-order chi connectivity index (χ1) is 8.90. The van der Waals surface area contributed by atoms with E-state index < -0.39 is 17.8 Å². The van der Waals surface area contributed by atoms with E-state index >= 15 is 0 Å². The number of carboxylic acid groups (broad SMARTS) is 1. The second-order valence-electron chi connectivity index (χ2n) is 3.74. The number of anilines is 1. The maximum atomic E-state index is 11.7. The lowest BCUT2D eigenvalue weighted by Gasteiger charge is -2.14. The number of rotatable bonds is 5. The smallest absolute Gasteiger partial charge is 0.315 e. The molecular formula is C12H14BrNO5. The van der Waals surface area contributed by atoms with Crippen LogP contribution >= 0.6 is 15.9 Å². The van der Waals surface area contributed by atoms with Gasteiger partial charge in [-0.25, -0.2) is 0 Å². The molecule has 0 aliphatic rings. The number of carbonyl (C=O) groups excluding carboxylic acids is 1. The minimum Gasteiger partial charge on any atom is -0.495 e. The Hall–Kier alpha value is -1.76. The van der Waals surface area contributed by atoms with E-state index in [-0.39, 0.29) is 0 Å². The summed E-state index contributed by atoms with van der Waals surface area (Å²) in [5.41, 5.74) is 0.369. The zero-order chi connectivity index (χ0) is 14.6. The third-order valence-corrected chi connectivity index (χ3v) is 3.12. The molecule has 104 valence electrons. The van der Waals surface area contributed by atoms with Crippen LogP contribution in [0.15, 0.2) is 16.6 Å². The van der Waals surface area contributed by atoms with Gasteiger partial charge < -0.3 is 19.9 Å². The first-order valence-electron chi connectivity index (χ1n) is 5.35. The topological polar surface area (TPSA) is 84.9 Å². The Labute approximate surface area is 118 Å². The van der Waals surface area contributed by atoms with Crippen LogP contribution in [0.5, 0.6) is 11.5 Å². The molecule has 0 bridgehead atoms. The predicted octanol–water partition coefficient (Wildman–Crippen LogP) is 2.13. The summed E-state index contributed by atoms with van der Waals surface area (Å²) in [6, 6.07) is 3.18. The Morgan fingerprint density at radius 2 is 1.84 bits per heavy atom. The highest BCUT2D eigenvalue weighted by atomic mass is 79.9. The molecule has 19 heavy (non-hydrogen) atoms. The number of ether oxygens (including phenoxy) is 2. The van der Waals surface area contributed by atoms with Crippen LogP contribution in [-0.4, -0.2) is 31.2 Å². The average Bonchev–Trinajstić information content (AvgIpc) is 2.37. The van der Waals surface area contributed by atoms with Crippen LogP contribution < -0.4 is 14.8 Å². The normalized spacial score (nSPS) is 11.6. The largest absolute Gasteiger partial charge is 0.495 e. The Morgan fingerprint density at radius 1 is 1.26 bits per heavy atom. The molecule has 1 atom stereocenters. The maximum absolute atomic E-state index is 11.7. The second kappa shape index (κ2) is 6.42.